The lowest BCUT2D eigenvalue weighted by atomic mass is 9.96. The number of thiazole rings is 1. The number of rotatable bonds is 7. The van der Waals surface area contributed by atoms with Gasteiger partial charge in [0.1, 0.15) is 0 Å². The standard InChI is InChI=1S/C12H23N3S/c1-4-5-10(2)12(6-13)15(3)7-11-8-16-9-14-11/h8-10,12H,4-7,13H2,1-3H3. The van der Waals surface area contributed by atoms with Crippen LogP contribution in [0, 0.1) is 5.92 Å². The molecule has 3 nitrogen and oxygen atoms in total. The fourth-order valence-corrected chi connectivity index (χ4v) is 2.73. The van der Waals surface area contributed by atoms with E-state index in [1.807, 2.05) is 5.51 Å². The molecule has 0 aromatic carbocycles. The smallest absolute Gasteiger partial charge is 0.0795 e. The molecule has 0 aliphatic heterocycles. The van der Waals surface area contributed by atoms with Crippen molar-refractivity contribution in [3.63, 3.8) is 0 Å². The van der Waals surface area contributed by atoms with E-state index in [0.717, 1.165) is 18.8 Å². The van der Waals surface area contributed by atoms with Crippen molar-refractivity contribution >= 4 is 11.3 Å². The Morgan fingerprint density at radius 3 is 2.81 bits per heavy atom. The maximum Gasteiger partial charge on any atom is 0.0795 e. The van der Waals surface area contributed by atoms with Gasteiger partial charge in [0.2, 0.25) is 0 Å². The fraction of sp³-hybridized carbons (Fsp3) is 0.750. The molecule has 2 N–H and O–H groups in total. The molecule has 0 saturated carbocycles. The topological polar surface area (TPSA) is 42.1 Å². The zero-order valence-electron chi connectivity index (χ0n) is 10.5. The van der Waals surface area contributed by atoms with Crippen LogP contribution in [0.2, 0.25) is 0 Å². The van der Waals surface area contributed by atoms with Crippen molar-refractivity contribution in [2.24, 2.45) is 11.7 Å². The summed E-state index contributed by atoms with van der Waals surface area (Å²) in [6.07, 6.45) is 2.46. The lowest BCUT2D eigenvalue weighted by Gasteiger charge is -2.31. The van der Waals surface area contributed by atoms with Crippen molar-refractivity contribution in [2.45, 2.75) is 39.3 Å². The first-order valence-electron chi connectivity index (χ1n) is 5.96. The monoisotopic (exact) mass is 241 g/mol. The summed E-state index contributed by atoms with van der Waals surface area (Å²) in [5.41, 5.74) is 8.91. The Labute approximate surface area is 103 Å². The van der Waals surface area contributed by atoms with Crippen molar-refractivity contribution in [1.29, 1.82) is 0 Å². The zero-order valence-corrected chi connectivity index (χ0v) is 11.3. The predicted molar refractivity (Wildman–Crippen MR) is 70.5 cm³/mol. The maximum atomic E-state index is 5.87. The largest absolute Gasteiger partial charge is 0.329 e. The molecule has 0 fully saturated rings. The molecule has 1 rings (SSSR count). The zero-order chi connectivity index (χ0) is 12.0. The first kappa shape index (κ1) is 13.6. The Balaban J connectivity index is 2.51. The van der Waals surface area contributed by atoms with Crippen LogP contribution in [-0.2, 0) is 6.54 Å². The third kappa shape index (κ3) is 3.85. The van der Waals surface area contributed by atoms with Gasteiger partial charge in [0, 0.05) is 24.5 Å². The number of nitrogens with two attached hydrogens (primary N) is 1. The van der Waals surface area contributed by atoms with E-state index in [1.165, 1.54) is 12.8 Å². The molecule has 1 heterocycles. The van der Waals surface area contributed by atoms with Gasteiger partial charge in [-0.1, -0.05) is 20.3 Å². The molecule has 1 aromatic heterocycles. The second-order valence-electron chi connectivity index (χ2n) is 4.46. The van der Waals surface area contributed by atoms with Crippen molar-refractivity contribution in [3.05, 3.63) is 16.6 Å². The first-order valence-corrected chi connectivity index (χ1v) is 6.90. The predicted octanol–water partition coefficient (Wildman–Crippen LogP) is 2.34. The van der Waals surface area contributed by atoms with Crippen LogP contribution in [0.1, 0.15) is 32.4 Å². The Hall–Kier alpha value is -0.450. The molecule has 4 heteroatoms. The SMILES string of the molecule is CCCC(C)C(CN)N(C)Cc1cscn1. The quantitative estimate of drug-likeness (QED) is 0.796. The minimum atomic E-state index is 0.460. The van der Waals surface area contributed by atoms with Crippen LogP contribution in [0.15, 0.2) is 10.9 Å². The molecule has 2 unspecified atom stereocenters. The molecular formula is C12H23N3S. The highest BCUT2D eigenvalue weighted by atomic mass is 32.1. The van der Waals surface area contributed by atoms with Gasteiger partial charge in [0.15, 0.2) is 0 Å². The van der Waals surface area contributed by atoms with Crippen molar-refractivity contribution in [3.8, 4) is 0 Å². The summed E-state index contributed by atoms with van der Waals surface area (Å²) < 4.78 is 0. The summed E-state index contributed by atoms with van der Waals surface area (Å²) in [5.74, 6) is 0.652. The average molecular weight is 241 g/mol. The van der Waals surface area contributed by atoms with E-state index in [2.05, 4.69) is 36.2 Å². The lowest BCUT2D eigenvalue weighted by Crippen LogP contribution is -2.42. The van der Waals surface area contributed by atoms with Gasteiger partial charge in [-0.3, -0.25) is 4.90 Å². The van der Waals surface area contributed by atoms with Crippen molar-refractivity contribution in [2.75, 3.05) is 13.6 Å². The summed E-state index contributed by atoms with van der Waals surface area (Å²) >= 11 is 1.65. The molecular weight excluding hydrogens is 218 g/mol. The molecule has 0 aliphatic carbocycles. The van der Waals surface area contributed by atoms with Gasteiger partial charge in [-0.2, -0.15) is 0 Å². The Bertz CT molecular complexity index is 274. The van der Waals surface area contributed by atoms with E-state index >= 15 is 0 Å². The fourth-order valence-electron chi connectivity index (χ4n) is 2.18. The molecule has 16 heavy (non-hydrogen) atoms. The van der Waals surface area contributed by atoms with Crippen molar-refractivity contribution < 1.29 is 0 Å². The molecule has 0 radical (unpaired) electrons. The number of likely N-dealkylation sites (N-methyl/N-ethyl adjacent to an activating group) is 1. The normalized spacial score (nSPS) is 15.3. The Morgan fingerprint density at radius 2 is 2.31 bits per heavy atom. The van der Waals surface area contributed by atoms with E-state index in [4.69, 9.17) is 5.73 Å². The third-order valence-electron chi connectivity index (χ3n) is 3.10. The van der Waals surface area contributed by atoms with Crippen LogP contribution >= 0.6 is 11.3 Å². The molecule has 0 bridgehead atoms. The van der Waals surface area contributed by atoms with Crippen LogP contribution in [0.25, 0.3) is 0 Å². The number of nitrogens with zero attached hydrogens (tertiary/aromatic N) is 2. The highest BCUT2D eigenvalue weighted by molar-refractivity contribution is 7.07. The van der Waals surface area contributed by atoms with Gasteiger partial charge in [-0.15, -0.1) is 11.3 Å². The first-order chi connectivity index (χ1) is 7.69. The maximum absolute atomic E-state index is 5.87. The molecule has 2 atom stereocenters. The second kappa shape index (κ2) is 6.99. The van der Waals surface area contributed by atoms with Crippen LogP contribution in [0.5, 0.6) is 0 Å². The molecule has 0 amide bonds. The minimum absolute atomic E-state index is 0.460. The highest BCUT2D eigenvalue weighted by Crippen LogP contribution is 2.16. The van der Waals surface area contributed by atoms with E-state index in [9.17, 15) is 0 Å². The molecule has 0 spiro atoms. The van der Waals surface area contributed by atoms with E-state index in [-0.39, 0.29) is 0 Å². The Kier molecular flexibility index (Phi) is 5.95. The third-order valence-corrected chi connectivity index (χ3v) is 3.74. The summed E-state index contributed by atoms with van der Waals surface area (Å²) in [6.45, 7) is 6.14. The van der Waals surface area contributed by atoms with Crippen LogP contribution in [0.4, 0.5) is 0 Å². The van der Waals surface area contributed by atoms with Crippen molar-refractivity contribution in [1.82, 2.24) is 9.88 Å². The highest BCUT2D eigenvalue weighted by Gasteiger charge is 2.20. The number of aromatic nitrogens is 1. The van der Waals surface area contributed by atoms with Gasteiger partial charge < -0.3 is 5.73 Å². The molecule has 0 saturated heterocycles. The average Bonchev–Trinajstić information content (AvgIpc) is 2.71. The summed E-state index contributed by atoms with van der Waals surface area (Å²) in [5, 5.41) is 2.11. The Morgan fingerprint density at radius 1 is 1.56 bits per heavy atom. The summed E-state index contributed by atoms with van der Waals surface area (Å²) in [6, 6.07) is 0.460. The van der Waals surface area contributed by atoms with E-state index < -0.39 is 0 Å². The van der Waals surface area contributed by atoms with Gasteiger partial charge in [-0.25, -0.2) is 4.98 Å². The van der Waals surface area contributed by atoms with Crippen LogP contribution < -0.4 is 5.73 Å². The van der Waals surface area contributed by atoms with Gasteiger partial charge in [0.05, 0.1) is 11.2 Å². The van der Waals surface area contributed by atoms with Gasteiger partial charge in [0.25, 0.3) is 0 Å². The molecule has 0 aliphatic rings. The number of hydrogen-bond donors (Lipinski definition) is 1. The van der Waals surface area contributed by atoms with Crippen LogP contribution in [0.3, 0.4) is 0 Å². The van der Waals surface area contributed by atoms with E-state index in [0.29, 0.717) is 12.0 Å². The summed E-state index contributed by atoms with van der Waals surface area (Å²) in [7, 11) is 2.14. The van der Waals surface area contributed by atoms with Gasteiger partial charge >= 0.3 is 0 Å². The van der Waals surface area contributed by atoms with Crippen LogP contribution in [-0.4, -0.2) is 29.5 Å². The lowest BCUT2D eigenvalue weighted by molar-refractivity contribution is 0.173. The van der Waals surface area contributed by atoms with E-state index in [1.54, 1.807) is 11.3 Å². The number of hydrogen-bond acceptors (Lipinski definition) is 4. The molecule has 92 valence electrons. The van der Waals surface area contributed by atoms with Gasteiger partial charge in [-0.05, 0) is 19.4 Å². The summed E-state index contributed by atoms with van der Waals surface area (Å²) in [4.78, 5) is 6.64. The second-order valence-corrected chi connectivity index (χ2v) is 5.18. The molecule has 1 aromatic rings. The minimum Gasteiger partial charge on any atom is -0.329 e.